The molecule has 1 aromatic carbocycles. The summed E-state index contributed by atoms with van der Waals surface area (Å²) in [5, 5.41) is 9.04. The van der Waals surface area contributed by atoms with E-state index in [2.05, 4.69) is 0 Å². The summed E-state index contributed by atoms with van der Waals surface area (Å²) in [4.78, 5) is 21.9. The van der Waals surface area contributed by atoms with Gasteiger partial charge in [-0.1, -0.05) is 6.07 Å². The fourth-order valence-electron chi connectivity index (χ4n) is 1.83. The molecule has 0 aliphatic rings. The molecule has 4 heteroatoms. The van der Waals surface area contributed by atoms with Crippen molar-refractivity contribution in [1.29, 1.82) is 0 Å². The van der Waals surface area contributed by atoms with E-state index >= 15 is 0 Å². The largest absolute Gasteiger partial charge is 0.478 e. The molecule has 0 atom stereocenters. The van der Waals surface area contributed by atoms with Gasteiger partial charge < -0.3 is 9.67 Å². The van der Waals surface area contributed by atoms with E-state index < -0.39 is 5.97 Å². The van der Waals surface area contributed by atoms with Crippen molar-refractivity contribution in [2.24, 2.45) is 0 Å². The minimum absolute atomic E-state index is 0.244. The second-order valence-electron chi connectivity index (χ2n) is 3.68. The summed E-state index contributed by atoms with van der Waals surface area (Å²) in [5.74, 6) is -0.968. The number of aldehydes is 1. The summed E-state index contributed by atoms with van der Waals surface area (Å²) >= 11 is 0. The van der Waals surface area contributed by atoms with Crippen LogP contribution in [-0.2, 0) is 0 Å². The van der Waals surface area contributed by atoms with Crippen molar-refractivity contribution in [1.82, 2.24) is 4.57 Å². The van der Waals surface area contributed by atoms with Crippen LogP contribution >= 0.6 is 0 Å². The molecule has 0 bridgehead atoms. The summed E-state index contributed by atoms with van der Waals surface area (Å²) in [6, 6.07) is 8.43. The Morgan fingerprint density at radius 1 is 1.29 bits per heavy atom. The molecule has 0 fully saturated rings. The third kappa shape index (κ3) is 1.85. The quantitative estimate of drug-likeness (QED) is 0.821. The van der Waals surface area contributed by atoms with Crippen LogP contribution in [0.3, 0.4) is 0 Å². The second kappa shape index (κ2) is 4.25. The molecule has 2 aromatic rings. The van der Waals surface area contributed by atoms with E-state index in [0.717, 1.165) is 6.29 Å². The molecule has 0 spiro atoms. The van der Waals surface area contributed by atoms with Crippen molar-refractivity contribution >= 4 is 12.3 Å². The molecule has 0 unspecified atom stereocenters. The van der Waals surface area contributed by atoms with Crippen molar-refractivity contribution < 1.29 is 14.7 Å². The Morgan fingerprint density at radius 2 is 2.06 bits per heavy atom. The van der Waals surface area contributed by atoms with Crippen LogP contribution in [0.4, 0.5) is 0 Å². The van der Waals surface area contributed by atoms with Gasteiger partial charge in [0.05, 0.1) is 11.3 Å². The zero-order valence-electron chi connectivity index (χ0n) is 9.25. The van der Waals surface area contributed by atoms with Crippen molar-refractivity contribution in [3.63, 3.8) is 0 Å². The smallest absolute Gasteiger partial charge is 0.336 e. The maximum absolute atomic E-state index is 11.0. The normalized spacial score (nSPS) is 10.2. The molecular formula is C13H11NO3. The van der Waals surface area contributed by atoms with Crippen LogP contribution in [-0.4, -0.2) is 21.9 Å². The molecule has 0 saturated carbocycles. The van der Waals surface area contributed by atoms with Gasteiger partial charge in [-0.3, -0.25) is 4.79 Å². The monoisotopic (exact) mass is 229 g/mol. The number of benzene rings is 1. The SMILES string of the molecule is Cc1c(C(=O)O)cccc1-n1cccc1C=O. The van der Waals surface area contributed by atoms with E-state index in [1.165, 1.54) is 0 Å². The van der Waals surface area contributed by atoms with Crippen molar-refractivity contribution in [3.8, 4) is 5.69 Å². The Labute approximate surface area is 98.1 Å². The topological polar surface area (TPSA) is 59.3 Å². The fraction of sp³-hybridized carbons (Fsp3) is 0.0769. The highest BCUT2D eigenvalue weighted by molar-refractivity contribution is 5.90. The second-order valence-corrected chi connectivity index (χ2v) is 3.68. The molecule has 0 amide bonds. The summed E-state index contributed by atoms with van der Waals surface area (Å²) in [7, 11) is 0. The van der Waals surface area contributed by atoms with Crippen molar-refractivity contribution in [2.45, 2.75) is 6.92 Å². The number of carboxylic acids is 1. The van der Waals surface area contributed by atoms with Gasteiger partial charge in [-0.15, -0.1) is 0 Å². The van der Waals surface area contributed by atoms with E-state index in [1.807, 2.05) is 0 Å². The van der Waals surface area contributed by atoms with Crippen LogP contribution in [0.15, 0.2) is 36.5 Å². The predicted octanol–water partition coefficient (Wildman–Crippen LogP) is 2.30. The first kappa shape index (κ1) is 11.1. The van der Waals surface area contributed by atoms with Crippen LogP contribution < -0.4 is 0 Å². The molecule has 1 N–H and O–H groups in total. The Hall–Kier alpha value is -2.36. The van der Waals surface area contributed by atoms with Crippen LogP contribution in [0, 0.1) is 6.92 Å². The lowest BCUT2D eigenvalue weighted by Gasteiger charge is -2.11. The maximum atomic E-state index is 11.0. The van der Waals surface area contributed by atoms with Gasteiger partial charge in [0, 0.05) is 11.9 Å². The maximum Gasteiger partial charge on any atom is 0.336 e. The van der Waals surface area contributed by atoms with Gasteiger partial charge >= 0.3 is 5.97 Å². The van der Waals surface area contributed by atoms with Gasteiger partial charge in [0.2, 0.25) is 0 Å². The molecule has 2 rings (SSSR count). The van der Waals surface area contributed by atoms with E-state index in [4.69, 9.17) is 5.11 Å². The van der Waals surface area contributed by atoms with Gasteiger partial charge in [-0.2, -0.15) is 0 Å². The van der Waals surface area contributed by atoms with Gasteiger partial charge in [0.1, 0.15) is 0 Å². The zero-order chi connectivity index (χ0) is 12.4. The first-order valence-corrected chi connectivity index (χ1v) is 5.11. The van der Waals surface area contributed by atoms with Gasteiger partial charge in [0.15, 0.2) is 6.29 Å². The lowest BCUT2D eigenvalue weighted by atomic mass is 10.1. The lowest BCUT2D eigenvalue weighted by molar-refractivity contribution is 0.0696. The number of nitrogens with zero attached hydrogens (tertiary/aromatic N) is 1. The highest BCUT2D eigenvalue weighted by atomic mass is 16.4. The van der Waals surface area contributed by atoms with E-state index in [-0.39, 0.29) is 5.56 Å². The van der Waals surface area contributed by atoms with E-state index in [0.29, 0.717) is 16.9 Å². The fourth-order valence-corrected chi connectivity index (χ4v) is 1.83. The van der Waals surface area contributed by atoms with Crippen molar-refractivity contribution in [2.75, 3.05) is 0 Å². The zero-order valence-corrected chi connectivity index (χ0v) is 9.25. The summed E-state index contributed by atoms with van der Waals surface area (Å²) in [6.45, 7) is 1.73. The molecule has 0 radical (unpaired) electrons. The molecule has 0 saturated heterocycles. The minimum Gasteiger partial charge on any atom is -0.478 e. The summed E-state index contributed by atoms with van der Waals surface area (Å²) in [6.07, 6.45) is 2.48. The van der Waals surface area contributed by atoms with Crippen LogP contribution in [0.25, 0.3) is 5.69 Å². The summed E-state index contributed by atoms with van der Waals surface area (Å²) in [5.41, 5.74) is 2.08. The molecule has 17 heavy (non-hydrogen) atoms. The first-order chi connectivity index (χ1) is 8.15. The van der Waals surface area contributed by atoms with E-state index in [9.17, 15) is 9.59 Å². The number of aromatic nitrogens is 1. The Bertz CT molecular complexity index is 584. The Morgan fingerprint density at radius 3 is 2.71 bits per heavy atom. The van der Waals surface area contributed by atoms with Gasteiger partial charge in [-0.05, 0) is 36.8 Å². The highest BCUT2D eigenvalue weighted by Crippen LogP contribution is 2.19. The summed E-state index contributed by atoms with van der Waals surface area (Å²) < 4.78 is 1.68. The standard InChI is InChI=1S/C13H11NO3/c1-9-11(13(16)17)5-2-6-12(9)14-7-3-4-10(14)8-15/h2-8H,1H3,(H,16,17). The molecule has 1 aromatic heterocycles. The number of aromatic carboxylic acids is 1. The first-order valence-electron chi connectivity index (χ1n) is 5.11. The number of carbonyl (C=O) groups excluding carboxylic acids is 1. The molecule has 0 aliphatic carbocycles. The average Bonchev–Trinajstić information content (AvgIpc) is 2.76. The minimum atomic E-state index is -0.968. The van der Waals surface area contributed by atoms with Crippen molar-refractivity contribution in [3.05, 3.63) is 53.3 Å². The molecular weight excluding hydrogens is 218 g/mol. The number of rotatable bonds is 3. The van der Waals surface area contributed by atoms with E-state index in [1.54, 1.807) is 48.0 Å². The third-order valence-corrected chi connectivity index (χ3v) is 2.70. The number of hydrogen-bond donors (Lipinski definition) is 1. The number of carboxylic acid groups (broad SMARTS) is 1. The lowest BCUT2D eigenvalue weighted by Crippen LogP contribution is -2.05. The third-order valence-electron chi connectivity index (χ3n) is 2.70. The predicted molar refractivity (Wildman–Crippen MR) is 62.9 cm³/mol. The Balaban J connectivity index is 2.64. The average molecular weight is 229 g/mol. The number of hydrogen-bond acceptors (Lipinski definition) is 2. The molecule has 0 aliphatic heterocycles. The highest BCUT2D eigenvalue weighted by Gasteiger charge is 2.12. The molecule has 4 nitrogen and oxygen atoms in total. The van der Waals surface area contributed by atoms with Crippen LogP contribution in [0.2, 0.25) is 0 Å². The Kier molecular flexibility index (Phi) is 2.78. The molecule has 1 heterocycles. The van der Waals surface area contributed by atoms with Gasteiger partial charge in [-0.25, -0.2) is 4.79 Å². The molecule has 86 valence electrons. The van der Waals surface area contributed by atoms with Crippen LogP contribution in [0.5, 0.6) is 0 Å². The van der Waals surface area contributed by atoms with Crippen LogP contribution in [0.1, 0.15) is 26.4 Å². The van der Waals surface area contributed by atoms with Gasteiger partial charge in [0.25, 0.3) is 0 Å². The number of carbonyl (C=O) groups is 2.